The molecule has 0 aliphatic carbocycles. The van der Waals surface area contributed by atoms with Crippen molar-refractivity contribution in [2.45, 2.75) is 0 Å². The van der Waals surface area contributed by atoms with Gasteiger partial charge >= 0.3 is 0 Å². The minimum Gasteiger partial charge on any atom is -0.322 e. The van der Waals surface area contributed by atoms with E-state index in [1.54, 1.807) is 12.4 Å². The van der Waals surface area contributed by atoms with Crippen LogP contribution in [0, 0.1) is 0 Å². The third-order valence-corrected chi connectivity index (χ3v) is 2.88. The molecule has 3 N–H and O–H groups in total. The number of nitrogens with zero attached hydrogens (tertiary/aromatic N) is 2. The van der Waals surface area contributed by atoms with Crippen molar-refractivity contribution >= 4 is 29.7 Å². The number of rotatable bonds is 1. The van der Waals surface area contributed by atoms with Crippen LogP contribution in [-0.4, -0.2) is 16.6 Å². The molecule has 19 heavy (non-hydrogen) atoms. The molecule has 2 heterocycles. The van der Waals surface area contributed by atoms with Gasteiger partial charge in [-0.25, -0.2) is 0 Å². The Hall–Kier alpha value is -2.40. The highest BCUT2D eigenvalue weighted by Gasteiger charge is 2.26. The number of hydrazone groups is 1. The van der Waals surface area contributed by atoms with Gasteiger partial charge in [0.1, 0.15) is 0 Å². The Morgan fingerprint density at radius 1 is 1.11 bits per heavy atom. The smallest absolute Gasteiger partial charge is 0.276 e. The summed E-state index contributed by atoms with van der Waals surface area (Å²) in [5.41, 5.74) is 3.76. The average Bonchev–Trinajstić information content (AvgIpc) is 2.74. The van der Waals surface area contributed by atoms with E-state index in [0.717, 1.165) is 22.4 Å². The van der Waals surface area contributed by atoms with Crippen molar-refractivity contribution in [3.8, 4) is 11.1 Å². The Labute approximate surface area is 116 Å². The normalized spacial score (nSPS) is 14.7. The minimum atomic E-state index is -0.264. The quantitative estimate of drug-likeness (QED) is 0.614. The summed E-state index contributed by atoms with van der Waals surface area (Å²) in [5.74, 6) is 4.98. The van der Waals surface area contributed by atoms with Gasteiger partial charge in [0.25, 0.3) is 5.91 Å². The topological polar surface area (TPSA) is 80.4 Å². The monoisotopic (exact) mass is 274 g/mol. The van der Waals surface area contributed by atoms with Crippen molar-refractivity contribution in [1.29, 1.82) is 0 Å². The summed E-state index contributed by atoms with van der Waals surface area (Å²) >= 11 is 0. The van der Waals surface area contributed by atoms with E-state index in [9.17, 15) is 4.79 Å². The van der Waals surface area contributed by atoms with Crippen LogP contribution in [-0.2, 0) is 4.79 Å². The Morgan fingerprint density at radius 3 is 2.53 bits per heavy atom. The summed E-state index contributed by atoms with van der Waals surface area (Å²) in [6.45, 7) is 0. The zero-order valence-corrected chi connectivity index (χ0v) is 10.6. The summed E-state index contributed by atoms with van der Waals surface area (Å²) in [4.78, 5) is 15.6. The molecule has 0 fully saturated rings. The number of fused-ring (bicyclic) bond motifs is 1. The van der Waals surface area contributed by atoms with E-state index in [0.29, 0.717) is 0 Å². The molecular weight excluding hydrogens is 264 g/mol. The molecule has 6 heteroatoms. The highest BCUT2D eigenvalue weighted by Crippen LogP contribution is 2.28. The second-order valence-electron chi connectivity index (χ2n) is 3.93. The van der Waals surface area contributed by atoms with Crippen LogP contribution in [0.1, 0.15) is 5.56 Å². The lowest BCUT2D eigenvalue weighted by atomic mass is 10.0. The van der Waals surface area contributed by atoms with Crippen LogP contribution in [0.5, 0.6) is 0 Å². The van der Waals surface area contributed by atoms with Crippen LogP contribution in [0.2, 0.25) is 0 Å². The van der Waals surface area contributed by atoms with Gasteiger partial charge in [0.15, 0.2) is 5.71 Å². The van der Waals surface area contributed by atoms with Crippen LogP contribution in [0.15, 0.2) is 47.8 Å². The van der Waals surface area contributed by atoms with Gasteiger partial charge in [0.2, 0.25) is 0 Å². The summed E-state index contributed by atoms with van der Waals surface area (Å²) in [5, 5.41) is 6.25. The lowest BCUT2D eigenvalue weighted by Gasteiger charge is -2.03. The van der Waals surface area contributed by atoms with Crippen molar-refractivity contribution in [2.24, 2.45) is 10.9 Å². The number of carbonyl (C=O) groups excluding carboxylic acids is 1. The number of hydrogen-bond acceptors (Lipinski definition) is 4. The standard InChI is InChI=1S/C13H10N4O.ClH/c14-17-12-10-7-9(8-3-5-15-6-4-8)1-2-11(10)16-13(12)18;/h1-7H,14H2,(H,16,17,18);1H. The SMILES string of the molecule is Cl.N/N=C1\C(=O)Nc2ccc(-c3ccncc3)cc21. The van der Waals surface area contributed by atoms with Gasteiger partial charge in [-0.3, -0.25) is 9.78 Å². The summed E-state index contributed by atoms with van der Waals surface area (Å²) in [6.07, 6.45) is 3.45. The maximum atomic E-state index is 11.6. The number of pyridine rings is 1. The highest BCUT2D eigenvalue weighted by atomic mass is 35.5. The van der Waals surface area contributed by atoms with Gasteiger partial charge in [-0.15, -0.1) is 12.4 Å². The molecule has 96 valence electrons. The average molecular weight is 275 g/mol. The van der Waals surface area contributed by atoms with Gasteiger partial charge in [0.05, 0.1) is 5.69 Å². The lowest BCUT2D eigenvalue weighted by molar-refractivity contribution is -0.110. The predicted octanol–water partition coefficient (Wildman–Crippen LogP) is 1.79. The zero-order chi connectivity index (χ0) is 12.5. The summed E-state index contributed by atoms with van der Waals surface area (Å²) in [7, 11) is 0. The first kappa shape index (κ1) is 13.0. The fourth-order valence-corrected chi connectivity index (χ4v) is 2.01. The van der Waals surface area contributed by atoms with E-state index in [1.807, 2.05) is 30.3 Å². The van der Waals surface area contributed by atoms with E-state index in [-0.39, 0.29) is 24.0 Å². The van der Waals surface area contributed by atoms with Gasteiger partial charge in [-0.05, 0) is 35.4 Å². The molecule has 0 bridgehead atoms. The van der Waals surface area contributed by atoms with Crippen molar-refractivity contribution in [1.82, 2.24) is 4.98 Å². The zero-order valence-electron chi connectivity index (χ0n) is 9.83. The first-order valence-corrected chi connectivity index (χ1v) is 5.43. The van der Waals surface area contributed by atoms with Crippen LogP contribution in [0.25, 0.3) is 11.1 Å². The molecule has 0 saturated heterocycles. The molecular formula is C13H11ClN4O. The molecule has 0 radical (unpaired) electrons. The molecule has 1 aliphatic rings. The van der Waals surface area contributed by atoms with E-state index in [1.165, 1.54) is 0 Å². The summed E-state index contributed by atoms with van der Waals surface area (Å²) in [6, 6.07) is 9.50. The Balaban J connectivity index is 0.00000133. The number of carbonyl (C=O) groups is 1. The largest absolute Gasteiger partial charge is 0.322 e. The lowest BCUT2D eigenvalue weighted by Crippen LogP contribution is -2.15. The molecule has 0 saturated carbocycles. The third-order valence-electron chi connectivity index (χ3n) is 2.88. The molecule has 0 unspecified atom stereocenters. The number of anilines is 1. The fraction of sp³-hybridized carbons (Fsp3) is 0. The molecule has 1 aromatic carbocycles. The maximum absolute atomic E-state index is 11.6. The second kappa shape index (κ2) is 5.07. The molecule has 3 rings (SSSR count). The Bertz CT molecular complexity index is 655. The molecule has 1 aliphatic heterocycles. The molecule has 0 atom stereocenters. The van der Waals surface area contributed by atoms with Crippen molar-refractivity contribution in [2.75, 3.05) is 5.32 Å². The fourth-order valence-electron chi connectivity index (χ4n) is 2.01. The van der Waals surface area contributed by atoms with Gasteiger partial charge in [-0.2, -0.15) is 5.10 Å². The number of nitrogens with two attached hydrogens (primary N) is 1. The number of halogens is 1. The van der Waals surface area contributed by atoms with Crippen LogP contribution < -0.4 is 11.2 Å². The van der Waals surface area contributed by atoms with E-state index in [4.69, 9.17) is 5.84 Å². The first-order chi connectivity index (χ1) is 8.79. The van der Waals surface area contributed by atoms with Gasteiger partial charge in [0, 0.05) is 18.0 Å². The van der Waals surface area contributed by atoms with Gasteiger partial charge < -0.3 is 11.2 Å². The van der Waals surface area contributed by atoms with Crippen LogP contribution >= 0.6 is 12.4 Å². The molecule has 2 aromatic rings. The van der Waals surface area contributed by atoms with E-state index in [2.05, 4.69) is 15.4 Å². The predicted molar refractivity (Wildman–Crippen MR) is 76.3 cm³/mol. The third kappa shape index (κ3) is 2.15. The summed E-state index contributed by atoms with van der Waals surface area (Å²) < 4.78 is 0. The van der Waals surface area contributed by atoms with Crippen molar-refractivity contribution in [3.05, 3.63) is 48.3 Å². The Morgan fingerprint density at radius 2 is 1.84 bits per heavy atom. The number of hydrogen-bond donors (Lipinski definition) is 2. The van der Waals surface area contributed by atoms with Crippen LogP contribution in [0.3, 0.4) is 0 Å². The highest BCUT2D eigenvalue weighted by molar-refractivity contribution is 6.53. The number of benzene rings is 1. The molecule has 0 spiro atoms. The second-order valence-corrected chi connectivity index (χ2v) is 3.93. The molecule has 1 aromatic heterocycles. The number of aromatic nitrogens is 1. The van der Waals surface area contributed by atoms with Gasteiger partial charge in [-0.1, -0.05) is 6.07 Å². The number of amides is 1. The molecule has 1 amide bonds. The Kier molecular flexibility index (Phi) is 3.48. The minimum absolute atomic E-state index is 0. The van der Waals surface area contributed by atoms with Crippen LogP contribution in [0.4, 0.5) is 5.69 Å². The van der Waals surface area contributed by atoms with E-state index < -0.39 is 0 Å². The number of nitrogens with one attached hydrogen (secondary N) is 1. The first-order valence-electron chi connectivity index (χ1n) is 5.43. The maximum Gasteiger partial charge on any atom is 0.276 e. The van der Waals surface area contributed by atoms with Crippen molar-refractivity contribution < 1.29 is 4.79 Å². The molecule has 5 nitrogen and oxygen atoms in total. The van der Waals surface area contributed by atoms with E-state index >= 15 is 0 Å². The van der Waals surface area contributed by atoms with Crippen molar-refractivity contribution in [3.63, 3.8) is 0 Å².